The summed E-state index contributed by atoms with van der Waals surface area (Å²) in [6.07, 6.45) is 7.49. The molecular formula is C14H25N3S. The van der Waals surface area contributed by atoms with E-state index in [0.717, 1.165) is 35.6 Å². The molecule has 0 radical (unpaired) electrons. The zero-order valence-electron chi connectivity index (χ0n) is 11.8. The van der Waals surface area contributed by atoms with Gasteiger partial charge in [0.1, 0.15) is 5.82 Å². The Hall–Kier alpha value is -0.640. The van der Waals surface area contributed by atoms with Gasteiger partial charge < -0.3 is 5.32 Å². The van der Waals surface area contributed by atoms with Crippen LogP contribution in [-0.4, -0.2) is 15.4 Å². The second-order valence-electron chi connectivity index (χ2n) is 5.71. The smallest absolute Gasteiger partial charge is 0.202 e. The summed E-state index contributed by atoms with van der Waals surface area (Å²) in [5, 5.41) is 4.66. The van der Waals surface area contributed by atoms with E-state index in [1.54, 1.807) is 0 Å². The summed E-state index contributed by atoms with van der Waals surface area (Å²) < 4.78 is 4.41. The fraction of sp³-hybridized carbons (Fsp3) is 0.857. The van der Waals surface area contributed by atoms with Gasteiger partial charge in [-0.1, -0.05) is 33.6 Å². The van der Waals surface area contributed by atoms with E-state index < -0.39 is 0 Å². The zero-order valence-corrected chi connectivity index (χ0v) is 12.6. The first-order valence-corrected chi connectivity index (χ1v) is 8.07. The van der Waals surface area contributed by atoms with E-state index in [-0.39, 0.29) is 0 Å². The molecule has 1 aliphatic rings. The first kappa shape index (κ1) is 13.8. The lowest BCUT2D eigenvalue weighted by atomic mass is 9.78. The highest BCUT2D eigenvalue weighted by Gasteiger charge is 2.28. The van der Waals surface area contributed by atoms with E-state index in [9.17, 15) is 0 Å². The average Bonchev–Trinajstić information content (AvgIpc) is 2.77. The number of aryl methyl sites for hydroxylation is 1. The van der Waals surface area contributed by atoms with Crippen LogP contribution in [0.25, 0.3) is 0 Å². The Balaban J connectivity index is 1.97. The fourth-order valence-electron chi connectivity index (χ4n) is 2.93. The molecule has 3 nitrogen and oxygen atoms in total. The summed E-state index contributed by atoms with van der Waals surface area (Å²) in [5.74, 6) is 2.55. The highest BCUT2D eigenvalue weighted by molar-refractivity contribution is 7.09. The van der Waals surface area contributed by atoms with E-state index >= 15 is 0 Å². The van der Waals surface area contributed by atoms with Crippen LogP contribution in [0, 0.1) is 11.8 Å². The molecule has 1 aliphatic carbocycles. The Labute approximate surface area is 115 Å². The van der Waals surface area contributed by atoms with Crippen molar-refractivity contribution in [1.82, 2.24) is 9.36 Å². The summed E-state index contributed by atoms with van der Waals surface area (Å²) in [6.45, 7) is 6.85. The van der Waals surface area contributed by atoms with Gasteiger partial charge in [0.2, 0.25) is 5.13 Å². The summed E-state index contributed by atoms with van der Waals surface area (Å²) in [6, 6.07) is 0.598. The molecule has 1 heterocycles. The molecule has 2 unspecified atom stereocenters. The van der Waals surface area contributed by atoms with Crippen molar-refractivity contribution in [3.8, 4) is 0 Å². The number of rotatable bonds is 5. The molecule has 102 valence electrons. The van der Waals surface area contributed by atoms with Gasteiger partial charge in [0, 0.05) is 24.0 Å². The van der Waals surface area contributed by atoms with Crippen LogP contribution in [0.4, 0.5) is 5.13 Å². The van der Waals surface area contributed by atoms with Gasteiger partial charge in [-0.15, -0.1) is 0 Å². The third-order valence-electron chi connectivity index (χ3n) is 3.93. The van der Waals surface area contributed by atoms with Crippen molar-refractivity contribution >= 4 is 16.7 Å². The molecular weight excluding hydrogens is 242 g/mol. The first-order chi connectivity index (χ1) is 8.70. The van der Waals surface area contributed by atoms with Crippen molar-refractivity contribution in [2.24, 2.45) is 11.8 Å². The Kier molecular flexibility index (Phi) is 4.98. The van der Waals surface area contributed by atoms with Crippen LogP contribution in [-0.2, 0) is 6.42 Å². The third kappa shape index (κ3) is 3.44. The summed E-state index contributed by atoms with van der Waals surface area (Å²) >= 11 is 1.52. The SMILES string of the molecule is CCCc1nsc(NC2CCCCC2C(C)C)n1. The minimum absolute atomic E-state index is 0.598. The maximum Gasteiger partial charge on any atom is 0.202 e. The van der Waals surface area contributed by atoms with Crippen LogP contribution in [0.5, 0.6) is 0 Å². The van der Waals surface area contributed by atoms with Crippen molar-refractivity contribution in [1.29, 1.82) is 0 Å². The maximum atomic E-state index is 4.58. The van der Waals surface area contributed by atoms with Gasteiger partial charge in [0.05, 0.1) is 0 Å². The molecule has 0 saturated heterocycles. The van der Waals surface area contributed by atoms with E-state index in [1.807, 2.05) is 0 Å². The second kappa shape index (κ2) is 6.50. The van der Waals surface area contributed by atoms with Crippen LogP contribution >= 0.6 is 11.5 Å². The highest BCUT2D eigenvalue weighted by atomic mass is 32.1. The number of nitrogens with one attached hydrogen (secondary N) is 1. The zero-order chi connectivity index (χ0) is 13.0. The molecule has 0 aliphatic heterocycles. The lowest BCUT2D eigenvalue weighted by Crippen LogP contribution is -2.35. The lowest BCUT2D eigenvalue weighted by molar-refractivity contribution is 0.254. The summed E-state index contributed by atoms with van der Waals surface area (Å²) in [4.78, 5) is 4.58. The number of hydrogen-bond donors (Lipinski definition) is 1. The van der Waals surface area contributed by atoms with E-state index in [1.165, 1.54) is 37.2 Å². The minimum Gasteiger partial charge on any atom is -0.357 e. The Morgan fingerprint density at radius 2 is 2.11 bits per heavy atom. The van der Waals surface area contributed by atoms with Gasteiger partial charge in [-0.05, 0) is 31.1 Å². The molecule has 18 heavy (non-hydrogen) atoms. The molecule has 1 fully saturated rings. The topological polar surface area (TPSA) is 37.8 Å². The van der Waals surface area contributed by atoms with Gasteiger partial charge in [0.25, 0.3) is 0 Å². The van der Waals surface area contributed by atoms with E-state index in [0.29, 0.717) is 6.04 Å². The Morgan fingerprint density at radius 1 is 1.33 bits per heavy atom. The molecule has 0 amide bonds. The molecule has 1 N–H and O–H groups in total. The number of aromatic nitrogens is 2. The lowest BCUT2D eigenvalue weighted by Gasteiger charge is -2.34. The van der Waals surface area contributed by atoms with Crippen LogP contribution in [0.3, 0.4) is 0 Å². The molecule has 0 aromatic carbocycles. The quantitative estimate of drug-likeness (QED) is 0.872. The van der Waals surface area contributed by atoms with Gasteiger partial charge in [0.15, 0.2) is 0 Å². The van der Waals surface area contributed by atoms with Crippen molar-refractivity contribution in [3.05, 3.63) is 5.82 Å². The monoisotopic (exact) mass is 267 g/mol. The molecule has 1 aromatic rings. The van der Waals surface area contributed by atoms with E-state index in [4.69, 9.17) is 0 Å². The molecule has 0 bridgehead atoms. The second-order valence-corrected chi connectivity index (χ2v) is 6.46. The molecule has 1 saturated carbocycles. The molecule has 1 aromatic heterocycles. The number of anilines is 1. The Bertz CT molecular complexity index is 362. The summed E-state index contributed by atoms with van der Waals surface area (Å²) in [5.41, 5.74) is 0. The molecule has 2 atom stereocenters. The largest absolute Gasteiger partial charge is 0.357 e. The van der Waals surface area contributed by atoms with E-state index in [2.05, 4.69) is 35.4 Å². The predicted molar refractivity (Wildman–Crippen MR) is 78.1 cm³/mol. The number of nitrogens with zero attached hydrogens (tertiary/aromatic N) is 2. The predicted octanol–water partition coefficient (Wildman–Crippen LogP) is 4.12. The fourth-order valence-corrected chi connectivity index (χ4v) is 3.61. The molecule has 2 rings (SSSR count). The number of hydrogen-bond acceptors (Lipinski definition) is 4. The van der Waals surface area contributed by atoms with Gasteiger partial charge in [-0.3, -0.25) is 0 Å². The van der Waals surface area contributed by atoms with Gasteiger partial charge in [-0.25, -0.2) is 4.98 Å². The van der Waals surface area contributed by atoms with Crippen LogP contribution < -0.4 is 5.32 Å². The standard InChI is InChI=1S/C14H25N3S/c1-4-7-13-16-14(18-17-13)15-12-9-6-5-8-11(12)10(2)3/h10-12H,4-9H2,1-3H3,(H,15,16,17). The van der Waals surface area contributed by atoms with Gasteiger partial charge in [-0.2, -0.15) is 4.37 Å². The normalized spacial score (nSPS) is 24.4. The minimum atomic E-state index is 0.598. The molecule has 4 heteroatoms. The van der Waals surface area contributed by atoms with Crippen molar-refractivity contribution in [2.45, 2.75) is 65.3 Å². The van der Waals surface area contributed by atoms with Crippen molar-refractivity contribution in [3.63, 3.8) is 0 Å². The van der Waals surface area contributed by atoms with Crippen molar-refractivity contribution < 1.29 is 0 Å². The average molecular weight is 267 g/mol. The molecule has 0 spiro atoms. The first-order valence-electron chi connectivity index (χ1n) is 7.29. The van der Waals surface area contributed by atoms with Crippen LogP contribution in [0.15, 0.2) is 0 Å². The van der Waals surface area contributed by atoms with Gasteiger partial charge >= 0.3 is 0 Å². The van der Waals surface area contributed by atoms with Crippen LogP contribution in [0.2, 0.25) is 0 Å². The van der Waals surface area contributed by atoms with Crippen LogP contribution in [0.1, 0.15) is 58.7 Å². The summed E-state index contributed by atoms with van der Waals surface area (Å²) in [7, 11) is 0. The maximum absolute atomic E-state index is 4.58. The Morgan fingerprint density at radius 3 is 2.83 bits per heavy atom. The third-order valence-corrected chi connectivity index (χ3v) is 4.61. The van der Waals surface area contributed by atoms with Crippen molar-refractivity contribution in [2.75, 3.05) is 5.32 Å². The highest BCUT2D eigenvalue weighted by Crippen LogP contribution is 2.32.